The second kappa shape index (κ2) is 8.13. The quantitative estimate of drug-likeness (QED) is 0.791. The SMILES string of the molecule is CCC(C)c1ccc(OCC(=O)Nc2ccc(S(N)(=O)=O)cc2)cc1. The minimum atomic E-state index is -3.74. The Labute approximate surface area is 148 Å². The van der Waals surface area contributed by atoms with Gasteiger partial charge in [0.1, 0.15) is 5.75 Å². The third-order valence-corrected chi connectivity index (χ3v) is 4.83. The number of benzene rings is 2. The van der Waals surface area contributed by atoms with Crippen LogP contribution in [0.2, 0.25) is 0 Å². The predicted molar refractivity (Wildman–Crippen MR) is 97.1 cm³/mol. The van der Waals surface area contributed by atoms with Gasteiger partial charge in [0.05, 0.1) is 4.90 Å². The van der Waals surface area contributed by atoms with E-state index in [4.69, 9.17) is 9.88 Å². The van der Waals surface area contributed by atoms with Crippen molar-refractivity contribution in [2.75, 3.05) is 11.9 Å². The summed E-state index contributed by atoms with van der Waals surface area (Å²) in [5.74, 6) is 0.763. The number of anilines is 1. The fourth-order valence-electron chi connectivity index (χ4n) is 2.20. The molecule has 2 aromatic carbocycles. The summed E-state index contributed by atoms with van der Waals surface area (Å²) in [5.41, 5.74) is 1.70. The number of hydrogen-bond donors (Lipinski definition) is 2. The van der Waals surface area contributed by atoms with Crippen LogP contribution in [0.3, 0.4) is 0 Å². The Balaban J connectivity index is 1.88. The Morgan fingerprint density at radius 3 is 2.24 bits per heavy atom. The molecule has 25 heavy (non-hydrogen) atoms. The fourth-order valence-corrected chi connectivity index (χ4v) is 2.72. The van der Waals surface area contributed by atoms with E-state index in [1.54, 1.807) is 0 Å². The third kappa shape index (κ3) is 5.58. The maximum absolute atomic E-state index is 11.9. The summed E-state index contributed by atoms with van der Waals surface area (Å²) in [6.45, 7) is 4.15. The smallest absolute Gasteiger partial charge is 0.262 e. The van der Waals surface area contributed by atoms with Crippen molar-refractivity contribution in [2.45, 2.75) is 31.1 Å². The molecule has 0 heterocycles. The van der Waals surface area contributed by atoms with Crippen LogP contribution in [0, 0.1) is 0 Å². The lowest BCUT2D eigenvalue weighted by molar-refractivity contribution is -0.118. The molecule has 1 atom stereocenters. The highest BCUT2D eigenvalue weighted by molar-refractivity contribution is 7.89. The largest absolute Gasteiger partial charge is 0.484 e. The Morgan fingerprint density at radius 2 is 1.72 bits per heavy atom. The average molecular weight is 362 g/mol. The van der Waals surface area contributed by atoms with E-state index >= 15 is 0 Å². The summed E-state index contributed by atoms with van der Waals surface area (Å²) >= 11 is 0. The molecule has 1 amide bonds. The van der Waals surface area contributed by atoms with Gasteiger partial charge in [-0.25, -0.2) is 13.6 Å². The zero-order chi connectivity index (χ0) is 18.4. The van der Waals surface area contributed by atoms with Crippen molar-refractivity contribution in [2.24, 2.45) is 5.14 Å². The number of rotatable bonds is 7. The van der Waals surface area contributed by atoms with Crippen LogP contribution in [0.15, 0.2) is 53.4 Å². The summed E-state index contributed by atoms with van der Waals surface area (Å²) in [6.07, 6.45) is 1.06. The minimum absolute atomic E-state index is 0.0110. The molecule has 0 bridgehead atoms. The van der Waals surface area contributed by atoms with Crippen LogP contribution in [-0.4, -0.2) is 20.9 Å². The Kier molecular flexibility index (Phi) is 6.17. The van der Waals surface area contributed by atoms with E-state index in [1.807, 2.05) is 24.3 Å². The first kappa shape index (κ1) is 19.0. The van der Waals surface area contributed by atoms with E-state index in [-0.39, 0.29) is 17.4 Å². The van der Waals surface area contributed by atoms with Gasteiger partial charge in [-0.1, -0.05) is 26.0 Å². The number of nitrogens with two attached hydrogens (primary N) is 1. The molecule has 0 radical (unpaired) electrons. The summed E-state index contributed by atoms with van der Waals surface area (Å²) in [4.78, 5) is 11.9. The van der Waals surface area contributed by atoms with Crippen LogP contribution in [-0.2, 0) is 14.8 Å². The molecule has 0 saturated carbocycles. The molecule has 0 aliphatic rings. The number of carbonyl (C=O) groups excluding carboxylic acids is 1. The van der Waals surface area contributed by atoms with E-state index in [9.17, 15) is 13.2 Å². The first-order valence-corrected chi connectivity index (χ1v) is 9.49. The second-order valence-electron chi connectivity index (χ2n) is 5.78. The Morgan fingerprint density at radius 1 is 1.12 bits per heavy atom. The van der Waals surface area contributed by atoms with Crippen LogP contribution >= 0.6 is 0 Å². The van der Waals surface area contributed by atoms with E-state index in [0.717, 1.165) is 6.42 Å². The van der Waals surface area contributed by atoms with Crippen molar-refractivity contribution >= 4 is 21.6 Å². The van der Waals surface area contributed by atoms with Gasteiger partial charge in [-0.05, 0) is 54.3 Å². The molecule has 2 aromatic rings. The van der Waals surface area contributed by atoms with Gasteiger partial charge in [-0.2, -0.15) is 0 Å². The van der Waals surface area contributed by atoms with Gasteiger partial charge < -0.3 is 10.1 Å². The molecule has 0 fully saturated rings. The Hall–Kier alpha value is -2.38. The number of ether oxygens (including phenoxy) is 1. The second-order valence-corrected chi connectivity index (χ2v) is 7.35. The molecule has 0 aliphatic heterocycles. The molecule has 0 aromatic heterocycles. The van der Waals surface area contributed by atoms with Crippen LogP contribution in [0.4, 0.5) is 5.69 Å². The normalized spacial score (nSPS) is 12.4. The molecule has 6 nitrogen and oxygen atoms in total. The number of primary sulfonamides is 1. The minimum Gasteiger partial charge on any atom is -0.484 e. The van der Waals surface area contributed by atoms with Crippen molar-refractivity contribution in [1.29, 1.82) is 0 Å². The monoisotopic (exact) mass is 362 g/mol. The maximum atomic E-state index is 11.9. The Bertz CT molecular complexity index is 815. The highest BCUT2D eigenvalue weighted by atomic mass is 32.2. The molecule has 3 N–H and O–H groups in total. The van der Waals surface area contributed by atoms with Gasteiger partial charge in [0.15, 0.2) is 6.61 Å². The fraction of sp³-hybridized carbons (Fsp3) is 0.278. The van der Waals surface area contributed by atoms with Crippen LogP contribution < -0.4 is 15.2 Å². The number of carbonyl (C=O) groups is 1. The van der Waals surface area contributed by atoms with Crippen molar-refractivity contribution in [3.05, 3.63) is 54.1 Å². The van der Waals surface area contributed by atoms with Gasteiger partial charge >= 0.3 is 0 Å². The standard InChI is InChI=1S/C18H22N2O4S/c1-3-13(2)14-4-8-16(9-5-14)24-12-18(21)20-15-6-10-17(11-7-15)25(19,22)23/h4-11,13H,3,12H2,1-2H3,(H,20,21)(H2,19,22,23). The van der Waals surface area contributed by atoms with E-state index in [1.165, 1.54) is 29.8 Å². The molecule has 0 saturated heterocycles. The van der Waals surface area contributed by atoms with E-state index in [0.29, 0.717) is 17.4 Å². The zero-order valence-corrected chi connectivity index (χ0v) is 15.0. The zero-order valence-electron chi connectivity index (χ0n) is 14.2. The van der Waals surface area contributed by atoms with Crippen molar-refractivity contribution in [1.82, 2.24) is 0 Å². The summed E-state index contributed by atoms with van der Waals surface area (Å²) < 4.78 is 27.8. The average Bonchev–Trinajstić information content (AvgIpc) is 2.59. The topological polar surface area (TPSA) is 98.5 Å². The molecule has 1 unspecified atom stereocenters. The van der Waals surface area contributed by atoms with Gasteiger partial charge in [0, 0.05) is 5.69 Å². The number of hydrogen-bond acceptors (Lipinski definition) is 4. The molecule has 0 spiro atoms. The van der Waals surface area contributed by atoms with E-state index < -0.39 is 10.0 Å². The molecular weight excluding hydrogens is 340 g/mol. The molecule has 7 heteroatoms. The molecular formula is C18H22N2O4S. The van der Waals surface area contributed by atoms with Gasteiger partial charge in [0.25, 0.3) is 5.91 Å². The number of nitrogens with one attached hydrogen (secondary N) is 1. The van der Waals surface area contributed by atoms with E-state index in [2.05, 4.69) is 19.2 Å². The molecule has 2 rings (SSSR count). The third-order valence-electron chi connectivity index (χ3n) is 3.90. The lowest BCUT2D eigenvalue weighted by Crippen LogP contribution is -2.20. The molecule has 134 valence electrons. The lowest BCUT2D eigenvalue weighted by atomic mass is 9.99. The van der Waals surface area contributed by atoms with Crippen molar-refractivity contribution < 1.29 is 17.9 Å². The summed E-state index contributed by atoms with van der Waals surface area (Å²) in [6, 6.07) is 13.3. The predicted octanol–water partition coefficient (Wildman–Crippen LogP) is 2.87. The van der Waals surface area contributed by atoms with Crippen LogP contribution in [0.5, 0.6) is 5.75 Å². The lowest BCUT2D eigenvalue weighted by Gasteiger charge is -2.11. The first-order chi connectivity index (χ1) is 11.8. The van der Waals surface area contributed by atoms with Gasteiger partial charge in [0.2, 0.25) is 10.0 Å². The molecule has 0 aliphatic carbocycles. The number of amides is 1. The van der Waals surface area contributed by atoms with Crippen molar-refractivity contribution in [3.63, 3.8) is 0 Å². The first-order valence-electron chi connectivity index (χ1n) is 7.95. The highest BCUT2D eigenvalue weighted by Gasteiger charge is 2.09. The number of sulfonamides is 1. The summed E-state index contributed by atoms with van der Waals surface area (Å²) in [5, 5.41) is 7.65. The van der Waals surface area contributed by atoms with Crippen molar-refractivity contribution in [3.8, 4) is 5.75 Å². The maximum Gasteiger partial charge on any atom is 0.262 e. The van der Waals surface area contributed by atoms with Crippen LogP contribution in [0.25, 0.3) is 0 Å². The summed E-state index contributed by atoms with van der Waals surface area (Å²) in [7, 11) is -3.74. The van der Waals surface area contributed by atoms with Crippen LogP contribution in [0.1, 0.15) is 31.7 Å². The highest BCUT2D eigenvalue weighted by Crippen LogP contribution is 2.21. The van der Waals surface area contributed by atoms with Gasteiger partial charge in [-0.15, -0.1) is 0 Å². The van der Waals surface area contributed by atoms with Gasteiger partial charge in [-0.3, -0.25) is 4.79 Å².